The quantitative estimate of drug-likeness (QED) is 0.692. The normalized spacial score (nSPS) is 18.8. The van der Waals surface area contributed by atoms with Gasteiger partial charge in [-0.1, -0.05) is 19.3 Å². The largest absolute Gasteiger partial charge is 0.369 e. The summed E-state index contributed by atoms with van der Waals surface area (Å²) in [5, 5.41) is 6.83. The van der Waals surface area contributed by atoms with E-state index in [9.17, 15) is 4.79 Å². The number of piperazine rings is 1. The minimum atomic E-state index is -0.112. The van der Waals surface area contributed by atoms with Gasteiger partial charge in [0.25, 0.3) is 5.56 Å². The summed E-state index contributed by atoms with van der Waals surface area (Å²) in [7, 11) is 2.17. The summed E-state index contributed by atoms with van der Waals surface area (Å²) in [6.07, 6.45) is 7.46. The van der Waals surface area contributed by atoms with E-state index in [1.807, 2.05) is 4.68 Å². The van der Waals surface area contributed by atoms with Gasteiger partial charge in [-0.2, -0.15) is 4.98 Å². The smallest absolute Gasteiger partial charge is 0.275 e. The van der Waals surface area contributed by atoms with E-state index in [0.717, 1.165) is 44.7 Å². The molecule has 0 amide bonds. The molecule has 0 atom stereocenters. The molecule has 1 aliphatic heterocycles. The standard InChI is InChI=1S/C22H29N7O/c1-27-11-13-28(14-12-27)17-9-7-16(8-10-17)24-22-23-15-19-20(25-22)29(26-21(19)30)18-5-3-2-4-6-18/h7-10,15,18H,2-6,11-14H2,1H3,(H,26,30)(H,23,24,25). The molecule has 2 aliphatic rings. The maximum absolute atomic E-state index is 12.3. The first-order valence-electron chi connectivity index (χ1n) is 11.0. The lowest BCUT2D eigenvalue weighted by molar-refractivity contribution is 0.313. The van der Waals surface area contributed by atoms with E-state index in [1.54, 1.807) is 6.20 Å². The number of hydrogen-bond donors (Lipinski definition) is 2. The molecular formula is C22H29N7O. The average Bonchev–Trinajstić information content (AvgIpc) is 3.11. The van der Waals surface area contributed by atoms with Crippen LogP contribution in [0.25, 0.3) is 11.0 Å². The fourth-order valence-electron chi connectivity index (χ4n) is 4.55. The van der Waals surface area contributed by atoms with Crippen molar-refractivity contribution in [2.45, 2.75) is 38.1 Å². The summed E-state index contributed by atoms with van der Waals surface area (Å²) in [5.74, 6) is 0.512. The minimum absolute atomic E-state index is 0.112. The van der Waals surface area contributed by atoms with E-state index < -0.39 is 0 Å². The van der Waals surface area contributed by atoms with Gasteiger partial charge in [-0.15, -0.1) is 0 Å². The van der Waals surface area contributed by atoms with E-state index in [0.29, 0.717) is 23.0 Å². The van der Waals surface area contributed by atoms with Gasteiger partial charge in [-0.25, -0.2) is 4.98 Å². The van der Waals surface area contributed by atoms with Gasteiger partial charge in [-0.05, 0) is 44.2 Å². The zero-order valence-corrected chi connectivity index (χ0v) is 17.5. The number of aromatic amines is 1. The zero-order valence-electron chi connectivity index (χ0n) is 17.5. The van der Waals surface area contributed by atoms with E-state index in [2.05, 4.69) is 61.5 Å². The minimum Gasteiger partial charge on any atom is -0.369 e. The number of hydrogen-bond acceptors (Lipinski definition) is 6. The Morgan fingerprint density at radius 2 is 1.77 bits per heavy atom. The highest BCUT2D eigenvalue weighted by Gasteiger charge is 2.20. The first kappa shape index (κ1) is 19.1. The van der Waals surface area contributed by atoms with E-state index in [-0.39, 0.29) is 5.56 Å². The monoisotopic (exact) mass is 407 g/mol. The molecule has 0 bridgehead atoms. The second-order valence-electron chi connectivity index (χ2n) is 8.50. The molecule has 3 heterocycles. The van der Waals surface area contributed by atoms with Crippen LogP contribution in [0.2, 0.25) is 0 Å². The first-order chi connectivity index (χ1) is 14.7. The zero-order chi connectivity index (χ0) is 20.5. The molecule has 0 radical (unpaired) electrons. The summed E-state index contributed by atoms with van der Waals surface area (Å²) in [6.45, 7) is 4.28. The summed E-state index contributed by atoms with van der Waals surface area (Å²) < 4.78 is 1.96. The fraction of sp³-hybridized carbons (Fsp3) is 0.500. The molecule has 1 saturated heterocycles. The van der Waals surface area contributed by atoms with Gasteiger partial charge < -0.3 is 15.1 Å². The van der Waals surface area contributed by atoms with Crippen LogP contribution in [-0.2, 0) is 0 Å². The Bertz CT molecular complexity index is 1060. The summed E-state index contributed by atoms with van der Waals surface area (Å²) in [6, 6.07) is 8.72. The van der Waals surface area contributed by atoms with E-state index >= 15 is 0 Å². The highest BCUT2D eigenvalue weighted by molar-refractivity contribution is 5.75. The number of anilines is 3. The first-order valence-corrected chi connectivity index (χ1v) is 11.0. The van der Waals surface area contributed by atoms with Crippen LogP contribution in [0.3, 0.4) is 0 Å². The topological polar surface area (TPSA) is 82.1 Å². The lowest BCUT2D eigenvalue weighted by Gasteiger charge is -2.34. The maximum atomic E-state index is 12.3. The molecule has 1 aliphatic carbocycles. The van der Waals surface area contributed by atoms with Crippen LogP contribution in [-0.4, -0.2) is 57.9 Å². The van der Waals surface area contributed by atoms with Crippen LogP contribution < -0.4 is 15.8 Å². The van der Waals surface area contributed by atoms with Crippen LogP contribution in [0.5, 0.6) is 0 Å². The van der Waals surface area contributed by atoms with Crippen molar-refractivity contribution in [1.82, 2.24) is 24.6 Å². The molecule has 3 aromatic rings. The highest BCUT2D eigenvalue weighted by Crippen LogP contribution is 2.29. The number of H-pyrrole nitrogens is 1. The van der Waals surface area contributed by atoms with E-state index in [1.165, 1.54) is 24.9 Å². The SMILES string of the molecule is CN1CCN(c2ccc(Nc3ncc4c(=O)[nH]n(C5CCCCC5)c4n3)cc2)CC1. The number of fused-ring (bicyclic) bond motifs is 1. The molecule has 0 unspecified atom stereocenters. The Hall–Kier alpha value is -2.87. The number of rotatable bonds is 4. The van der Waals surface area contributed by atoms with Crippen LogP contribution in [0.1, 0.15) is 38.1 Å². The van der Waals surface area contributed by atoms with Crippen molar-refractivity contribution >= 4 is 28.4 Å². The van der Waals surface area contributed by atoms with Crippen LogP contribution in [0, 0.1) is 0 Å². The lowest BCUT2D eigenvalue weighted by atomic mass is 9.96. The fourth-order valence-corrected chi connectivity index (χ4v) is 4.55. The number of nitrogens with zero attached hydrogens (tertiary/aromatic N) is 5. The predicted octanol–water partition coefficient (Wildman–Crippen LogP) is 3.12. The van der Waals surface area contributed by atoms with Gasteiger partial charge in [0.05, 0.1) is 6.04 Å². The third-order valence-corrected chi connectivity index (χ3v) is 6.40. The molecular weight excluding hydrogens is 378 g/mol. The summed E-state index contributed by atoms with van der Waals surface area (Å²) in [4.78, 5) is 26.2. The maximum Gasteiger partial charge on any atom is 0.275 e. The Morgan fingerprint density at radius 3 is 2.50 bits per heavy atom. The average molecular weight is 408 g/mol. The molecule has 2 aromatic heterocycles. The lowest BCUT2D eigenvalue weighted by Crippen LogP contribution is -2.44. The van der Waals surface area contributed by atoms with Crippen molar-refractivity contribution in [2.75, 3.05) is 43.4 Å². The molecule has 5 rings (SSSR count). The molecule has 1 saturated carbocycles. The van der Waals surface area contributed by atoms with Crippen molar-refractivity contribution in [2.24, 2.45) is 0 Å². The van der Waals surface area contributed by atoms with Gasteiger partial charge in [-0.3, -0.25) is 14.6 Å². The van der Waals surface area contributed by atoms with Crippen molar-refractivity contribution in [3.63, 3.8) is 0 Å². The number of nitrogens with one attached hydrogen (secondary N) is 2. The van der Waals surface area contributed by atoms with E-state index in [4.69, 9.17) is 0 Å². The Kier molecular flexibility index (Phi) is 5.16. The molecule has 8 nitrogen and oxygen atoms in total. The Labute approximate surface area is 175 Å². The second-order valence-corrected chi connectivity index (χ2v) is 8.50. The third-order valence-electron chi connectivity index (χ3n) is 6.40. The summed E-state index contributed by atoms with van der Waals surface area (Å²) >= 11 is 0. The number of likely N-dealkylation sites (N-methyl/N-ethyl adjacent to an activating group) is 1. The van der Waals surface area contributed by atoms with Crippen molar-refractivity contribution in [1.29, 1.82) is 0 Å². The molecule has 0 spiro atoms. The molecule has 158 valence electrons. The Morgan fingerprint density at radius 1 is 1.03 bits per heavy atom. The molecule has 2 fully saturated rings. The Balaban J connectivity index is 1.35. The van der Waals surface area contributed by atoms with Crippen molar-refractivity contribution in [3.8, 4) is 0 Å². The molecule has 2 N–H and O–H groups in total. The van der Waals surface area contributed by atoms with Gasteiger partial charge in [0, 0.05) is 43.8 Å². The van der Waals surface area contributed by atoms with Gasteiger partial charge in [0.15, 0.2) is 5.65 Å². The van der Waals surface area contributed by atoms with Crippen molar-refractivity contribution in [3.05, 3.63) is 40.8 Å². The van der Waals surface area contributed by atoms with Crippen molar-refractivity contribution < 1.29 is 0 Å². The van der Waals surface area contributed by atoms with Gasteiger partial charge >= 0.3 is 0 Å². The third kappa shape index (κ3) is 3.79. The number of aromatic nitrogens is 4. The molecule has 30 heavy (non-hydrogen) atoms. The van der Waals surface area contributed by atoms with Gasteiger partial charge in [0.2, 0.25) is 5.95 Å². The van der Waals surface area contributed by atoms with Crippen LogP contribution in [0.4, 0.5) is 17.3 Å². The second kappa shape index (κ2) is 8.10. The predicted molar refractivity (Wildman–Crippen MR) is 120 cm³/mol. The highest BCUT2D eigenvalue weighted by atomic mass is 16.1. The molecule has 1 aromatic carbocycles. The molecule has 8 heteroatoms. The summed E-state index contributed by atoms with van der Waals surface area (Å²) in [5.41, 5.74) is 2.76. The van der Waals surface area contributed by atoms with Crippen LogP contribution >= 0.6 is 0 Å². The van der Waals surface area contributed by atoms with Crippen LogP contribution in [0.15, 0.2) is 35.3 Å². The van der Waals surface area contributed by atoms with Gasteiger partial charge in [0.1, 0.15) is 5.39 Å². The number of benzene rings is 1.